The Morgan fingerprint density at radius 3 is 2.68 bits per heavy atom. The molecule has 22 heavy (non-hydrogen) atoms. The molecular formula is C15H12BrN3O2S. The number of benzene rings is 1. The van der Waals surface area contributed by atoms with E-state index in [1.807, 2.05) is 25.1 Å². The fraction of sp³-hybridized carbons (Fsp3) is 0.133. The highest BCUT2D eigenvalue weighted by Gasteiger charge is 2.04. The highest BCUT2D eigenvalue weighted by atomic mass is 79.9. The molecule has 0 saturated carbocycles. The first kappa shape index (κ1) is 16.2. The number of rotatable bonds is 5. The molecule has 0 unspecified atom stereocenters. The molecule has 1 aromatic carbocycles. The number of carbonyl (C=O) groups excluding carboxylic acids is 1. The molecule has 7 heteroatoms. The van der Waals surface area contributed by atoms with Crippen molar-refractivity contribution < 1.29 is 9.53 Å². The van der Waals surface area contributed by atoms with Gasteiger partial charge in [-0.3, -0.25) is 4.79 Å². The van der Waals surface area contributed by atoms with Gasteiger partial charge in [0, 0.05) is 0 Å². The van der Waals surface area contributed by atoms with Crippen LogP contribution >= 0.6 is 27.3 Å². The number of halogens is 1. The van der Waals surface area contributed by atoms with Crippen LogP contribution in [0.2, 0.25) is 0 Å². The number of nitrogens with zero attached hydrogens (tertiary/aromatic N) is 2. The maximum atomic E-state index is 11.7. The number of amides is 1. The van der Waals surface area contributed by atoms with Crippen LogP contribution in [0, 0.1) is 11.3 Å². The van der Waals surface area contributed by atoms with Gasteiger partial charge in [0.05, 0.1) is 26.0 Å². The molecule has 0 aliphatic heterocycles. The maximum absolute atomic E-state index is 11.7. The van der Waals surface area contributed by atoms with Crippen LogP contribution in [0.1, 0.15) is 17.4 Å². The molecule has 0 spiro atoms. The molecule has 1 heterocycles. The summed E-state index contributed by atoms with van der Waals surface area (Å²) in [4.78, 5) is 12.7. The Labute approximate surface area is 140 Å². The zero-order valence-corrected chi connectivity index (χ0v) is 14.1. The summed E-state index contributed by atoms with van der Waals surface area (Å²) in [6.45, 7) is 1.68. The number of ether oxygens (including phenoxy) is 1. The predicted molar refractivity (Wildman–Crippen MR) is 89.0 cm³/mol. The van der Waals surface area contributed by atoms with Gasteiger partial charge in [0.1, 0.15) is 5.75 Å². The molecule has 0 atom stereocenters. The fourth-order valence-electron chi connectivity index (χ4n) is 1.52. The van der Waals surface area contributed by atoms with E-state index in [0.717, 1.165) is 14.4 Å². The first-order valence-electron chi connectivity index (χ1n) is 6.30. The van der Waals surface area contributed by atoms with Crippen molar-refractivity contribution in [3.8, 4) is 11.8 Å². The minimum Gasteiger partial charge on any atom is -0.484 e. The number of hydrazone groups is 1. The molecule has 0 aliphatic rings. The van der Waals surface area contributed by atoms with Crippen molar-refractivity contribution in [2.24, 2.45) is 5.10 Å². The predicted octanol–water partition coefficient (Wildman–Crippen LogP) is 3.30. The molecule has 2 rings (SSSR count). The second kappa shape index (κ2) is 7.73. The van der Waals surface area contributed by atoms with Crippen molar-refractivity contribution in [2.45, 2.75) is 6.92 Å². The highest BCUT2D eigenvalue weighted by molar-refractivity contribution is 9.11. The Bertz CT molecular complexity index is 732. The quantitative estimate of drug-likeness (QED) is 0.641. The van der Waals surface area contributed by atoms with Crippen LogP contribution in [0.5, 0.6) is 5.75 Å². The Kier molecular flexibility index (Phi) is 5.69. The molecule has 112 valence electrons. The number of hydrogen-bond donors (Lipinski definition) is 1. The smallest absolute Gasteiger partial charge is 0.277 e. The van der Waals surface area contributed by atoms with E-state index in [9.17, 15) is 4.79 Å². The van der Waals surface area contributed by atoms with E-state index < -0.39 is 0 Å². The van der Waals surface area contributed by atoms with E-state index in [1.165, 1.54) is 11.3 Å². The lowest BCUT2D eigenvalue weighted by molar-refractivity contribution is -0.123. The van der Waals surface area contributed by atoms with Crippen LogP contribution in [-0.2, 0) is 4.79 Å². The highest BCUT2D eigenvalue weighted by Crippen LogP contribution is 2.22. The zero-order valence-electron chi connectivity index (χ0n) is 11.7. The van der Waals surface area contributed by atoms with Crippen LogP contribution in [0.25, 0.3) is 0 Å². The average molecular weight is 378 g/mol. The molecule has 1 N–H and O–H groups in total. The normalized spacial score (nSPS) is 10.9. The van der Waals surface area contributed by atoms with Gasteiger partial charge in [-0.05, 0) is 59.3 Å². The summed E-state index contributed by atoms with van der Waals surface area (Å²) in [5, 5.41) is 12.7. The standard InChI is InChI=1S/C15H12BrN3O2S/c1-10(13-6-7-14(16)22-13)18-19-15(20)9-21-12-4-2-11(8-17)3-5-12/h2-7H,9H2,1H3,(H,19,20)/b18-10-. The van der Waals surface area contributed by atoms with Gasteiger partial charge in [-0.15, -0.1) is 11.3 Å². The summed E-state index contributed by atoms with van der Waals surface area (Å²) in [5.41, 5.74) is 3.71. The van der Waals surface area contributed by atoms with E-state index in [1.54, 1.807) is 24.3 Å². The first-order chi connectivity index (χ1) is 10.6. The molecule has 2 aromatic rings. The number of thiophene rings is 1. The zero-order chi connectivity index (χ0) is 15.9. The van der Waals surface area contributed by atoms with Gasteiger partial charge < -0.3 is 4.74 Å². The Hall–Kier alpha value is -2.17. The van der Waals surface area contributed by atoms with Gasteiger partial charge in [0.15, 0.2) is 6.61 Å². The van der Waals surface area contributed by atoms with Crippen molar-refractivity contribution in [1.82, 2.24) is 5.43 Å². The van der Waals surface area contributed by atoms with E-state index in [-0.39, 0.29) is 12.5 Å². The molecule has 0 saturated heterocycles. The molecular weight excluding hydrogens is 366 g/mol. The van der Waals surface area contributed by atoms with Gasteiger partial charge in [-0.2, -0.15) is 10.4 Å². The molecule has 5 nitrogen and oxygen atoms in total. The lowest BCUT2D eigenvalue weighted by atomic mass is 10.2. The second-order valence-electron chi connectivity index (χ2n) is 4.26. The average Bonchev–Trinajstić information content (AvgIpc) is 2.97. The Morgan fingerprint density at radius 1 is 1.36 bits per heavy atom. The minimum atomic E-state index is -0.348. The van der Waals surface area contributed by atoms with Crippen molar-refractivity contribution in [1.29, 1.82) is 5.26 Å². The van der Waals surface area contributed by atoms with Gasteiger partial charge in [0.2, 0.25) is 0 Å². The first-order valence-corrected chi connectivity index (χ1v) is 7.91. The molecule has 1 aromatic heterocycles. The lowest BCUT2D eigenvalue weighted by Crippen LogP contribution is -2.25. The van der Waals surface area contributed by atoms with Crippen molar-refractivity contribution in [3.05, 3.63) is 50.6 Å². The number of nitriles is 1. The molecule has 0 radical (unpaired) electrons. The summed E-state index contributed by atoms with van der Waals surface area (Å²) in [5.74, 6) is 0.177. The number of nitrogens with one attached hydrogen (secondary N) is 1. The van der Waals surface area contributed by atoms with E-state index in [2.05, 4.69) is 26.5 Å². The SMILES string of the molecule is C/C(=N/NC(=O)COc1ccc(C#N)cc1)c1ccc(Br)s1. The summed E-state index contributed by atoms with van der Waals surface area (Å²) in [6, 6.07) is 12.4. The summed E-state index contributed by atoms with van der Waals surface area (Å²) in [6.07, 6.45) is 0. The van der Waals surface area contributed by atoms with Crippen molar-refractivity contribution in [3.63, 3.8) is 0 Å². The van der Waals surface area contributed by atoms with E-state index in [4.69, 9.17) is 10.00 Å². The number of carbonyl (C=O) groups is 1. The summed E-state index contributed by atoms with van der Waals surface area (Å²) in [7, 11) is 0. The number of hydrogen-bond acceptors (Lipinski definition) is 5. The van der Waals surface area contributed by atoms with Gasteiger partial charge in [0.25, 0.3) is 5.91 Å². The van der Waals surface area contributed by atoms with Crippen LogP contribution in [0.4, 0.5) is 0 Å². The van der Waals surface area contributed by atoms with Gasteiger partial charge >= 0.3 is 0 Å². The van der Waals surface area contributed by atoms with Crippen LogP contribution in [-0.4, -0.2) is 18.2 Å². The third kappa shape index (κ3) is 4.69. The van der Waals surface area contributed by atoms with Crippen molar-refractivity contribution in [2.75, 3.05) is 6.61 Å². The molecule has 1 amide bonds. The third-order valence-electron chi connectivity index (χ3n) is 2.63. The maximum Gasteiger partial charge on any atom is 0.277 e. The van der Waals surface area contributed by atoms with E-state index >= 15 is 0 Å². The van der Waals surface area contributed by atoms with Crippen LogP contribution < -0.4 is 10.2 Å². The molecule has 0 aliphatic carbocycles. The van der Waals surface area contributed by atoms with Gasteiger partial charge in [-0.25, -0.2) is 5.43 Å². The largest absolute Gasteiger partial charge is 0.484 e. The van der Waals surface area contributed by atoms with Crippen LogP contribution in [0.3, 0.4) is 0 Å². The van der Waals surface area contributed by atoms with Crippen LogP contribution in [0.15, 0.2) is 45.3 Å². The van der Waals surface area contributed by atoms with E-state index in [0.29, 0.717) is 11.3 Å². The molecule has 0 fully saturated rings. The van der Waals surface area contributed by atoms with Gasteiger partial charge in [-0.1, -0.05) is 0 Å². The fourth-order valence-corrected chi connectivity index (χ4v) is 2.85. The lowest BCUT2D eigenvalue weighted by Gasteiger charge is -2.05. The topological polar surface area (TPSA) is 74.5 Å². The van der Waals surface area contributed by atoms with Crippen molar-refractivity contribution >= 4 is 38.9 Å². The summed E-state index contributed by atoms with van der Waals surface area (Å²) >= 11 is 4.92. The monoisotopic (exact) mass is 377 g/mol. The summed E-state index contributed by atoms with van der Waals surface area (Å²) < 4.78 is 6.32. The minimum absolute atomic E-state index is 0.142. The third-order valence-corrected chi connectivity index (χ3v) is 4.36. The molecule has 0 bridgehead atoms. The Morgan fingerprint density at radius 2 is 2.09 bits per heavy atom. The second-order valence-corrected chi connectivity index (χ2v) is 6.72. The Balaban J connectivity index is 1.83.